The van der Waals surface area contributed by atoms with Crippen LogP contribution in [0.1, 0.15) is 87.5 Å². The van der Waals surface area contributed by atoms with Crippen LogP contribution in [-0.4, -0.2) is 53.3 Å². The van der Waals surface area contributed by atoms with Crippen LogP contribution in [0.2, 0.25) is 0 Å². The summed E-state index contributed by atoms with van der Waals surface area (Å²) in [7, 11) is 0. The van der Waals surface area contributed by atoms with Gasteiger partial charge in [-0.05, 0) is 66.0 Å². The second kappa shape index (κ2) is 9.50. The molecular formula is C22H44N2O. The number of carbonyl (C=O) groups excluding carboxylic acids is 1. The molecule has 0 aromatic heterocycles. The molecule has 3 nitrogen and oxygen atoms in total. The molecule has 0 aromatic rings. The minimum absolute atomic E-state index is 0.171. The Bertz CT molecular complexity index is 403. The van der Waals surface area contributed by atoms with Crippen LogP contribution in [0.15, 0.2) is 0 Å². The Morgan fingerprint density at radius 2 is 1.64 bits per heavy atom. The SMILES string of the molecule is CCC(CCN(CC)C1CCN(C(C)(C)C)CC1)C(=O)C(C)(C)CC. The standard InChI is InChI=1S/C22H44N2O/c1-9-18(20(25)22(7,8)10-2)12-15-23(11-3)19-13-16-24(17-14-19)21(4,5)6/h18-19H,9-17H2,1-8H3. The molecule has 0 bridgehead atoms. The van der Waals surface area contributed by atoms with Gasteiger partial charge in [-0.25, -0.2) is 0 Å². The molecular weight excluding hydrogens is 308 g/mol. The average Bonchev–Trinajstić information content (AvgIpc) is 2.57. The first-order valence-electron chi connectivity index (χ1n) is 10.6. The number of ketones is 1. The molecule has 1 heterocycles. The van der Waals surface area contributed by atoms with E-state index in [1.54, 1.807) is 0 Å². The van der Waals surface area contributed by atoms with E-state index in [9.17, 15) is 4.79 Å². The number of rotatable bonds is 9. The van der Waals surface area contributed by atoms with Crippen LogP contribution >= 0.6 is 0 Å². The van der Waals surface area contributed by atoms with Crippen molar-refractivity contribution in [1.82, 2.24) is 9.80 Å². The highest BCUT2D eigenvalue weighted by Crippen LogP contribution is 2.29. The second-order valence-corrected chi connectivity index (χ2v) is 9.51. The maximum Gasteiger partial charge on any atom is 0.141 e. The van der Waals surface area contributed by atoms with Crippen LogP contribution in [0.4, 0.5) is 0 Å². The summed E-state index contributed by atoms with van der Waals surface area (Å²) in [5.41, 5.74) is 0.114. The predicted molar refractivity (Wildman–Crippen MR) is 109 cm³/mol. The molecule has 148 valence electrons. The van der Waals surface area contributed by atoms with Crippen LogP contribution in [-0.2, 0) is 4.79 Å². The predicted octanol–water partition coefficient (Wildman–Crippen LogP) is 4.99. The van der Waals surface area contributed by atoms with Gasteiger partial charge in [-0.3, -0.25) is 9.69 Å². The third-order valence-electron chi connectivity index (χ3n) is 6.52. The monoisotopic (exact) mass is 352 g/mol. The molecule has 3 heteroatoms. The smallest absolute Gasteiger partial charge is 0.141 e. The summed E-state index contributed by atoms with van der Waals surface area (Å²) in [5.74, 6) is 0.690. The Hall–Kier alpha value is -0.410. The van der Waals surface area contributed by atoms with Crippen molar-refractivity contribution < 1.29 is 4.79 Å². The van der Waals surface area contributed by atoms with Crippen molar-refractivity contribution >= 4 is 5.78 Å². The summed E-state index contributed by atoms with van der Waals surface area (Å²) in [5, 5.41) is 0. The summed E-state index contributed by atoms with van der Waals surface area (Å²) in [4.78, 5) is 18.1. The zero-order valence-corrected chi connectivity index (χ0v) is 18.3. The van der Waals surface area contributed by atoms with Crippen molar-refractivity contribution in [3.8, 4) is 0 Å². The molecule has 1 aliphatic rings. The van der Waals surface area contributed by atoms with E-state index in [0.717, 1.165) is 32.4 Å². The van der Waals surface area contributed by atoms with Crippen molar-refractivity contribution in [2.45, 2.75) is 99.1 Å². The number of carbonyl (C=O) groups is 1. The van der Waals surface area contributed by atoms with Gasteiger partial charge in [-0.1, -0.05) is 34.6 Å². The fourth-order valence-corrected chi connectivity index (χ4v) is 4.07. The third kappa shape index (κ3) is 6.36. The number of hydrogen-bond acceptors (Lipinski definition) is 3. The molecule has 0 N–H and O–H groups in total. The summed E-state index contributed by atoms with van der Waals surface area (Å²) in [6.07, 6.45) is 5.45. The minimum Gasteiger partial charge on any atom is -0.301 e. The van der Waals surface area contributed by atoms with Gasteiger partial charge >= 0.3 is 0 Å². The van der Waals surface area contributed by atoms with E-state index in [2.05, 4.69) is 65.2 Å². The van der Waals surface area contributed by atoms with Crippen LogP contribution in [0.3, 0.4) is 0 Å². The van der Waals surface area contributed by atoms with Crippen molar-refractivity contribution in [1.29, 1.82) is 0 Å². The lowest BCUT2D eigenvalue weighted by Gasteiger charge is -2.44. The maximum atomic E-state index is 12.8. The lowest BCUT2D eigenvalue weighted by molar-refractivity contribution is -0.132. The molecule has 1 rings (SSSR count). The quantitative estimate of drug-likeness (QED) is 0.584. The maximum absolute atomic E-state index is 12.8. The second-order valence-electron chi connectivity index (χ2n) is 9.51. The Morgan fingerprint density at radius 1 is 1.08 bits per heavy atom. The third-order valence-corrected chi connectivity index (χ3v) is 6.52. The number of Topliss-reactive ketones (excluding diaryl/α,β-unsaturated/α-hetero) is 1. The van der Waals surface area contributed by atoms with E-state index in [1.807, 2.05) is 0 Å². The minimum atomic E-state index is -0.171. The van der Waals surface area contributed by atoms with Gasteiger partial charge in [-0.15, -0.1) is 0 Å². The Labute approximate surface area is 157 Å². The molecule has 0 spiro atoms. The molecule has 1 fully saturated rings. The van der Waals surface area contributed by atoms with E-state index in [-0.39, 0.29) is 16.9 Å². The zero-order chi connectivity index (χ0) is 19.3. The first-order chi connectivity index (χ1) is 11.6. The van der Waals surface area contributed by atoms with E-state index in [4.69, 9.17) is 0 Å². The highest BCUT2D eigenvalue weighted by molar-refractivity contribution is 5.86. The summed E-state index contributed by atoms with van der Waals surface area (Å²) in [6, 6.07) is 0.690. The van der Waals surface area contributed by atoms with Gasteiger partial charge in [0.2, 0.25) is 0 Å². The molecule has 1 atom stereocenters. The van der Waals surface area contributed by atoms with E-state index in [1.165, 1.54) is 25.9 Å². The van der Waals surface area contributed by atoms with Gasteiger partial charge in [0.15, 0.2) is 0 Å². The number of piperidine rings is 1. The fraction of sp³-hybridized carbons (Fsp3) is 0.955. The first kappa shape index (κ1) is 22.6. The first-order valence-corrected chi connectivity index (χ1v) is 10.6. The van der Waals surface area contributed by atoms with Gasteiger partial charge < -0.3 is 4.90 Å². The number of likely N-dealkylation sites (tertiary alicyclic amines) is 1. The van der Waals surface area contributed by atoms with Crippen molar-refractivity contribution in [2.24, 2.45) is 11.3 Å². The number of nitrogens with zero attached hydrogens (tertiary/aromatic N) is 2. The lowest BCUT2D eigenvalue weighted by Crippen LogP contribution is -2.51. The Balaban J connectivity index is 2.57. The number of hydrogen-bond donors (Lipinski definition) is 0. The molecule has 0 saturated carbocycles. The summed E-state index contributed by atoms with van der Waals surface area (Å²) < 4.78 is 0. The molecule has 25 heavy (non-hydrogen) atoms. The van der Waals surface area contributed by atoms with Gasteiger partial charge in [0.05, 0.1) is 0 Å². The van der Waals surface area contributed by atoms with Gasteiger partial charge in [-0.2, -0.15) is 0 Å². The largest absolute Gasteiger partial charge is 0.301 e. The topological polar surface area (TPSA) is 23.6 Å². The van der Waals surface area contributed by atoms with Crippen LogP contribution in [0, 0.1) is 11.3 Å². The lowest BCUT2D eigenvalue weighted by atomic mass is 9.77. The highest BCUT2D eigenvalue weighted by Gasteiger charge is 2.33. The highest BCUT2D eigenvalue weighted by atomic mass is 16.1. The average molecular weight is 353 g/mol. The zero-order valence-electron chi connectivity index (χ0n) is 18.3. The van der Waals surface area contributed by atoms with Crippen LogP contribution in [0.25, 0.3) is 0 Å². The summed E-state index contributed by atoms with van der Waals surface area (Å²) >= 11 is 0. The molecule has 1 aliphatic heterocycles. The Morgan fingerprint density at radius 3 is 2.04 bits per heavy atom. The van der Waals surface area contributed by atoms with Crippen molar-refractivity contribution in [2.75, 3.05) is 26.2 Å². The van der Waals surface area contributed by atoms with Gasteiger partial charge in [0, 0.05) is 36.0 Å². The van der Waals surface area contributed by atoms with Gasteiger partial charge in [0.1, 0.15) is 5.78 Å². The van der Waals surface area contributed by atoms with E-state index in [0.29, 0.717) is 11.8 Å². The normalized spacial score (nSPS) is 19.4. The van der Waals surface area contributed by atoms with Gasteiger partial charge in [0.25, 0.3) is 0 Å². The van der Waals surface area contributed by atoms with Crippen LogP contribution in [0.5, 0.6) is 0 Å². The molecule has 1 unspecified atom stereocenters. The van der Waals surface area contributed by atoms with E-state index < -0.39 is 0 Å². The van der Waals surface area contributed by atoms with E-state index >= 15 is 0 Å². The molecule has 0 aromatic carbocycles. The molecule has 0 aliphatic carbocycles. The summed E-state index contributed by atoms with van der Waals surface area (Å²) in [6.45, 7) is 22.3. The van der Waals surface area contributed by atoms with Crippen molar-refractivity contribution in [3.63, 3.8) is 0 Å². The molecule has 0 amide bonds. The van der Waals surface area contributed by atoms with Crippen LogP contribution < -0.4 is 0 Å². The molecule has 1 saturated heterocycles. The Kier molecular flexibility index (Phi) is 8.60. The molecule has 0 radical (unpaired) electrons. The van der Waals surface area contributed by atoms with Crippen molar-refractivity contribution in [3.05, 3.63) is 0 Å². The fourth-order valence-electron chi connectivity index (χ4n) is 4.07.